The van der Waals surface area contributed by atoms with Crippen LogP contribution in [0.3, 0.4) is 0 Å². The second kappa shape index (κ2) is 6.75. The van der Waals surface area contributed by atoms with Crippen LogP contribution in [0.15, 0.2) is 29.2 Å². The molecule has 22 heavy (non-hydrogen) atoms. The van der Waals surface area contributed by atoms with Gasteiger partial charge in [-0.05, 0) is 48.8 Å². The zero-order valence-corrected chi connectivity index (χ0v) is 14.4. The van der Waals surface area contributed by atoms with Crippen LogP contribution >= 0.6 is 11.8 Å². The number of nitriles is 1. The van der Waals surface area contributed by atoms with Gasteiger partial charge in [0, 0.05) is 4.90 Å². The van der Waals surface area contributed by atoms with E-state index in [4.69, 9.17) is 0 Å². The topological polar surface area (TPSA) is 52.9 Å². The van der Waals surface area contributed by atoms with Crippen molar-refractivity contribution in [3.8, 4) is 6.07 Å². The molecule has 1 amide bonds. The molecule has 1 N–H and O–H groups in total. The molecule has 1 aliphatic carbocycles. The highest BCUT2D eigenvalue weighted by Crippen LogP contribution is 2.29. The summed E-state index contributed by atoms with van der Waals surface area (Å²) in [5.74, 6) is 0.312. The predicted octanol–water partition coefficient (Wildman–Crippen LogP) is 4.03. The lowest BCUT2D eigenvalue weighted by Crippen LogP contribution is -2.45. The summed E-state index contributed by atoms with van der Waals surface area (Å²) in [4.78, 5) is 13.2. The molecule has 0 aromatic heterocycles. The number of nitrogens with one attached hydrogen (secondary N) is 1. The van der Waals surface area contributed by atoms with E-state index in [1.54, 1.807) is 0 Å². The number of benzene rings is 1. The van der Waals surface area contributed by atoms with E-state index < -0.39 is 5.54 Å². The van der Waals surface area contributed by atoms with Crippen LogP contribution in [0.1, 0.15) is 52.0 Å². The van der Waals surface area contributed by atoms with Crippen LogP contribution < -0.4 is 5.32 Å². The zero-order valence-electron chi connectivity index (χ0n) is 13.6. The molecule has 4 heteroatoms. The molecule has 0 radical (unpaired) electrons. The lowest BCUT2D eigenvalue weighted by atomic mass is 9.87. The van der Waals surface area contributed by atoms with Crippen molar-refractivity contribution in [3.63, 3.8) is 0 Å². The minimum Gasteiger partial charge on any atom is -0.337 e. The number of hydrogen-bond donors (Lipinski definition) is 1. The molecule has 0 heterocycles. The Hall–Kier alpha value is -1.47. The van der Waals surface area contributed by atoms with E-state index >= 15 is 0 Å². The minimum atomic E-state index is -0.617. The fraction of sp³-hybridized carbons (Fsp3) is 0.556. The van der Waals surface area contributed by atoms with Gasteiger partial charge < -0.3 is 5.32 Å². The molecule has 0 unspecified atom stereocenters. The fourth-order valence-corrected chi connectivity index (χ4v) is 3.44. The highest BCUT2D eigenvalue weighted by Gasteiger charge is 2.35. The van der Waals surface area contributed by atoms with Gasteiger partial charge in [0.1, 0.15) is 5.54 Å². The molecule has 2 rings (SSSR count). The second-order valence-electron chi connectivity index (χ2n) is 7.01. The molecule has 0 aliphatic heterocycles. The van der Waals surface area contributed by atoms with Crippen molar-refractivity contribution in [1.82, 2.24) is 5.32 Å². The van der Waals surface area contributed by atoms with E-state index in [1.807, 2.05) is 0 Å². The van der Waals surface area contributed by atoms with Crippen molar-refractivity contribution < 1.29 is 4.79 Å². The summed E-state index contributed by atoms with van der Waals surface area (Å²) in [5, 5.41) is 12.2. The number of amides is 1. The van der Waals surface area contributed by atoms with Crippen LogP contribution in [0.25, 0.3) is 0 Å². The Kier molecular flexibility index (Phi) is 5.18. The van der Waals surface area contributed by atoms with Gasteiger partial charge in [0.05, 0.1) is 11.8 Å². The molecule has 1 saturated carbocycles. The highest BCUT2D eigenvalue weighted by atomic mass is 32.2. The van der Waals surface area contributed by atoms with E-state index in [2.05, 4.69) is 56.4 Å². The predicted molar refractivity (Wildman–Crippen MR) is 90.8 cm³/mol. The summed E-state index contributed by atoms with van der Waals surface area (Å²) in [6, 6.07) is 10.7. The van der Waals surface area contributed by atoms with E-state index in [1.165, 1.54) is 17.3 Å². The van der Waals surface area contributed by atoms with Crippen molar-refractivity contribution in [2.75, 3.05) is 5.75 Å². The molecular weight excluding hydrogens is 292 g/mol. The Labute approximate surface area is 137 Å². The highest BCUT2D eigenvalue weighted by molar-refractivity contribution is 8.00. The third-order valence-electron chi connectivity index (χ3n) is 4.14. The van der Waals surface area contributed by atoms with Gasteiger partial charge in [-0.25, -0.2) is 0 Å². The lowest BCUT2D eigenvalue weighted by molar-refractivity contribution is -0.119. The second-order valence-corrected chi connectivity index (χ2v) is 8.06. The van der Waals surface area contributed by atoms with Crippen LogP contribution in [0.4, 0.5) is 0 Å². The molecule has 0 spiro atoms. The van der Waals surface area contributed by atoms with Crippen molar-refractivity contribution in [2.24, 2.45) is 0 Å². The molecule has 1 aromatic carbocycles. The monoisotopic (exact) mass is 316 g/mol. The molecule has 1 aromatic rings. The fourth-order valence-electron chi connectivity index (χ4n) is 2.75. The summed E-state index contributed by atoms with van der Waals surface area (Å²) in [6.07, 6.45) is 3.60. The molecule has 0 saturated heterocycles. The van der Waals surface area contributed by atoms with E-state index in [-0.39, 0.29) is 11.3 Å². The summed E-state index contributed by atoms with van der Waals surface area (Å²) >= 11 is 1.52. The van der Waals surface area contributed by atoms with Gasteiger partial charge in [0.25, 0.3) is 0 Å². The van der Waals surface area contributed by atoms with E-state index in [9.17, 15) is 10.1 Å². The van der Waals surface area contributed by atoms with Crippen molar-refractivity contribution in [1.29, 1.82) is 5.26 Å². The van der Waals surface area contributed by atoms with Crippen LogP contribution in [0, 0.1) is 11.3 Å². The zero-order chi connectivity index (χ0) is 16.2. The van der Waals surface area contributed by atoms with Gasteiger partial charge >= 0.3 is 0 Å². The number of thioether (sulfide) groups is 1. The quantitative estimate of drug-likeness (QED) is 0.853. The van der Waals surface area contributed by atoms with Gasteiger partial charge in [-0.3, -0.25) is 4.79 Å². The first kappa shape index (κ1) is 16.9. The number of carbonyl (C=O) groups is 1. The minimum absolute atomic E-state index is 0.0478. The van der Waals surface area contributed by atoms with E-state index in [0.717, 1.165) is 30.6 Å². The number of nitrogens with zero attached hydrogens (tertiary/aromatic N) is 1. The average Bonchev–Trinajstić information content (AvgIpc) is 2.94. The van der Waals surface area contributed by atoms with Crippen molar-refractivity contribution >= 4 is 17.7 Å². The average molecular weight is 316 g/mol. The molecule has 1 fully saturated rings. The van der Waals surface area contributed by atoms with Crippen LogP contribution in [0.2, 0.25) is 0 Å². The number of hydrogen-bond acceptors (Lipinski definition) is 3. The summed E-state index contributed by atoms with van der Waals surface area (Å²) < 4.78 is 0. The summed E-state index contributed by atoms with van der Waals surface area (Å²) in [6.45, 7) is 6.56. The number of rotatable bonds is 4. The smallest absolute Gasteiger partial charge is 0.231 e. The molecule has 0 bridgehead atoms. The van der Waals surface area contributed by atoms with Crippen LogP contribution in [-0.2, 0) is 10.2 Å². The third kappa shape index (κ3) is 4.27. The van der Waals surface area contributed by atoms with Gasteiger partial charge in [0.15, 0.2) is 0 Å². The maximum atomic E-state index is 12.1. The van der Waals surface area contributed by atoms with Gasteiger partial charge in [-0.1, -0.05) is 32.9 Å². The Morgan fingerprint density at radius 2 is 1.86 bits per heavy atom. The first-order valence-electron chi connectivity index (χ1n) is 7.80. The summed E-state index contributed by atoms with van der Waals surface area (Å²) in [7, 11) is 0. The molecule has 3 nitrogen and oxygen atoms in total. The van der Waals surface area contributed by atoms with E-state index in [0.29, 0.717) is 5.75 Å². The number of carbonyl (C=O) groups excluding carboxylic acids is 1. The first-order chi connectivity index (χ1) is 10.3. The maximum Gasteiger partial charge on any atom is 0.231 e. The lowest BCUT2D eigenvalue weighted by Gasteiger charge is -2.22. The Morgan fingerprint density at radius 3 is 2.36 bits per heavy atom. The maximum absolute atomic E-state index is 12.1. The molecule has 0 atom stereocenters. The van der Waals surface area contributed by atoms with Crippen molar-refractivity contribution in [3.05, 3.63) is 29.8 Å². The molecular formula is C18H24N2OS. The van der Waals surface area contributed by atoms with Gasteiger partial charge in [-0.2, -0.15) is 5.26 Å². The normalized spacial score (nSPS) is 17.0. The molecule has 1 aliphatic rings. The summed E-state index contributed by atoms with van der Waals surface area (Å²) in [5.41, 5.74) is 0.811. The standard InChI is InChI=1S/C18H24N2OS/c1-17(2,3)14-6-8-15(9-7-14)22-12-16(21)20-18(13-19)10-4-5-11-18/h6-9H,4-5,10-12H2,1-3H3,(H,20,21). The van der Waals surface area contributed by atoms with Crippen molar-refractivity contribution in [2.45, 2.75) is 62.3 Å². The van der Waals surface area contributed by atoms with Gasteiger partial charge in [-0.15, -0.1) is 11.8 Å². The molecule has 118 valence electrons. The van der Waals surface area contributed by atoms with Gasteiger partial charge in [0.2, 0.25) is 5.91 Å². The largest absolute Gasteiger partial charge is 0.337 e. The van der Waals surface area contributed by atoms with Crippen LogP contribution in [-0.4, -0.2) is 17.2 Å². The SMILES string of the molecule is CC(C)(C)c1ccc(SCC(=O)NC2(C#N)CCCC2)cc1. The van der Waals surface area contributed by atoms with Crippen LogP contribution in [0.5, 0.6) is 0 Å². The first-order valence-corrected chi connectivity index (χ1v) is 8.79. The Bertz CT molecular complexity index is 560. The Morgan fingerprint density at radius 1 is 1.27 bits per heavy atom. The third-order valence-corrected chi connectivity index (χ3v) is 5.15. The Balaban J connectivity index is 1.87.